The Labute approximate surface area is 236 Å². The summed E-state index contributed by atoms with van der Waals surface area (Å²) in [5.74, 6) is -0.710. The molecule has 0 aromatic heterocycles. The third kappa shape index (κ3) is 8.44. The van der Waals surface area contributed by atoms with E-state index in [9.17, 15) is 30.0 Å². The summed E-state index contributed by atoms with van der Waals surface area (Å²) in [7, 11) is -8.51. The van der Waals surface area contributed by atoms with Crippen LogP contribution in [0.5, 0.6) is 0 Å². The van der Waals surface area contributed by atoms with Gasteiger partial charge in [-0.05, 0) is 44.4 Å². The average molecular weight is 603 g/mol. The van der Waals surface area contributed by atoms with Crippen molar-refractivity contribution in [1.29, 1.82) is 0 Å². The number of aliphatic carboxylic acids is 1. The molecule has 4 rings (SSSR count). The van der Waals surface area contributed by atoms with Gasteiger partial charge in [-0.3, -0.25) is 4.79 Å². The summed E-state index contributed by atoms with van der Waals surface area (Å²) in [6.45, 7) is 10.1. The van der Waals surface area contributed by atoms with Crippen LogP contribution in [0.4, 0.5) is 36.6 Å². The second-order valence-corrected chi connectivity index (χ2v) is 13.4. The third-order valence-corrected chi connectivity index (χ3v) is 7.52. The van der Waals surface area contributed by atoms with Crippen molar-refractivity contribution in [1.82, 2.24) is 0 Å². The molecule has 2 aliphatic heterocycles. The summed E-state index contributed by atoms with van der Waals surface area (Å²) in [6, 6.07) is 17.3. The molecule has 0 bridgehead atoms. The van der Waals surface area contributed by atoms with Gasteiger partial charge in [-0.1, -0.05) is 62.7 Å². The number of allylic oxidation sites excluding steroid dienone is 4. The van der Waals surface area contributed by atoms with Crippen LogP contribution in [0.1, 0.15) is 64.5 Å². The molecule has 0 saturated heterocycles. The van der Waals surface area contributed by atoms with Gasteiger partial charge in [-0.25, -0.2) is 0 Å². The number of unbranched alkanes of at least 4 members (excludes halogenated alkanes) is 2. The van der Waals surface area contributed by atoms with E-state index in [0.717, 1.165) is 25.8 Å². The van der Waals surface area contributed by atoms with E-state index >= 15 is 0 Å². The molecule has 2 heterocycles. The number of para-hydroxylation sites is 2. The monoisotopic (exact) mass is 602 g/mol. The van der Waals surface area contributed by atoms with Gasteiger partial charge in [-0.2, -0.15) is 4.58 Å². The van der Waals surface area contributed by atoms with Crippen LogP contribution in [0, 0.1) is 0 Å². The molecule has 0 radical (unpaired) electrons. The minimum atomic E-state index is -10.7. The molecule has 0 spiro atoms. The van der Waals surface area contributed by atoms with E-state index in [1.54, 1.807) is 0 Å². The standard InChI is InChI=1S/C30H36N2O2.F6P/c1-29(2)22-14-8-10-16-24(22)31(5)26(29)18-13-19-27-30(3,4)23-15-9-11-17-25(23)32(27)21-12-6-7-20-28(33)34;1-7(2,3,4,5)6/h8-11,13-19H,6-7,12,20-21H2,1-5H3;/q;-1/p+1. The Kier molecular flexibility index (Phi) is 8.38. The van der Waals surface area contributed by atoms with Gasteiger partial charge < -0.3 is 10.0 Å². The Balaban J connectivity index is 0.000000587. The number of anilines is 1. The van der Waals surface area contributed by atoms with Crippen molar-refractivity contribution in [2.45, 2.75) is 64.2 Å². The summed E-state index contributed by atoms with van der Waals surface area (Å²) in [4.78, 5) is 13.3. The molecule has 226 valence electrons. The van der Waals surface area contributed by atoms with E-state index in [2.05, 4.69) is 111 Å². The van der Waals surface area contributed by atoms with E-state index < -0.39 is 13.8 Å². The van der Waals surface area contributed by atoms with Crippen molar-refractivity contribution >= 4 is 30.9 Å². The van der Waals surface area contributed by atoms with Crippen LogP contribution < -0.4 is 4.90 Å². The maximum atomic E-state index is 10.9. The number of fused-ring (bicyclic) bond motifs is 2. The average Bonchev–Trinajstić information content (AvgIpc) is 3.16. The minimum absolute atomic E-state index is 0.0433. The third-order valence-electron chi connectivity index (χ3n) is 7.52. The van der Waals surface area contributed by atoms with Crippen LogP contribution in [-0.2, 0) is 15.6 Å². The Morgan fingerprint density at radius 2 is 1.44 bits per heavy atom. The first-order chi connectivity index (χ1) is 18.6. The molecule has 0 amide bonds. The van der Waals surface area contributed by atoms with Gasteiger partial charge in [0.1, 0.15) is 7.05 Å². The summed E-state index contributed by atoms with van der Waals surface area (Å²) < 4.78 is 61.5. The number of nitrogens with zero attached hydrogens (tertiary/aromatic N) is 2. The fourth-order valence-electron chi connectivity index (χ4n) is 5.64. The van der Waals surface area contributed by atoms with Crippen LogP contribution >= 0.6 is 7.81 Å². The number of carbonyl (C=O) groups is 1. The zero-order valence-corrected chi connectivity index (χ0v) is 24.7. The van der Waals surface area contributed by atoms with Crippen molar-refractivity contribution in [2.24, 2.45) is 0 Å². The topological polar surface area (TPSA) is 43.5 Å². The van der Waals surface area contributed by atoms with Gasteiger partial charge in [-0.15, -0.1) is 0 Å². The van der Waals surface area contributed by atoms with Crippen molar-refractivity contribution in [3.05, 3.63) is 83.6 Å². The maximum absolute atomic E-state index is 10.9. The number of rotatable bonds is 8. The molecule has 11 heteroatoms. The Hall–Kier alpha value is -3.13. The second-order valence-electron chi connectivity index (χ2n) is 11.5. The van der Waals surface area contributed by atoms with E-state index in [1.165, 1.54) is 33.9 Å². The molecular formula is C30H37F6N2O2P. The molecule has 1 N–H and O–H groups in total. The van der Waals surface area contributed by atoms with Crippen molar-refractivity contribution in [2.75, 3.05) is 18.5 Å². The summed E-state index contributed by atoms with van der Waals surface area (Å²) in [5, 5.41) is 8.93. The van der Waals surface area contributed by atoms with Crippen molar-refractivity contribution < 1.29 is 39.7 Å². The summed E-state index contributed by atoms with van der Waals surface area (Å²) in [5.41, 5.74) is 7.70. The predicted molar refractivity (Wildman–Crippen MR) is 154 cm³/mol. The number of benzene rings is 2. The van der Waals surface area contributed by atoms with E-state index in [-0.39, 0.29) is 17.3 Å². The second kappa shape index (κ2) is 10.6. The molecule has 0 aliphatic carbocycles. The Morgan fingerprint density at radius 3 is 2.02 bits per heavy atom. The van der Waals surface area contributed by atoms with Crippen LogP contribution in [0.3, 0.4) is 0 Å². The quantitative estimate of drug-likeness (QED) is 0.142. The van der Waals surface area contributed by atoms with E-state index in [4.69, 9.17) is 5.11 Å². The van der Waals surface area contributed by atoms with E-state index in [0.29, 0.717) is 0 Å². The fraction of sp³-hybridized carbons (Fsp3) is 0.400. The molecule has 0 saturated carbocycles. The molecule has 0 fully saturated rings. The molecule has 41 heavy (non-hydrogen) atoms. The molecule has 4 nitrogen and oxygen atoms in total. The molecule has 0 atom stereocenters. The van der Waals surface area contributed by atoms with Gasteiger partial charge in [0.2, 0.25) is 5.69 Å². The number of hydrogen-bond acceptors (Lipinski definition) is 2. The van der Waals surface area contributed by atoms with Gasteiger partial charge >= 0.3 is 39.0 Å². The van der Waals surface area contributed by atoms with Crippen molar-refractivity contribution in [3.8, 4) is 0 Å². The van der Waals surface area contributed by atoms with Gasteiger partial charge in [0, 0.05) is 47.5 Å². The first-order valence-corrected chi connectivity index (χ1v) is 15.4. The summed E-state index contributed by atoms with van der Waals surface area (Å²) in [6.07, 6.45) is 9.62. The molecule has 0 unspecified atom stereocenters. The van der Waals surface area contributed by atoms with Gasteiger partial charge in [0.05, 0.1) is 5.41 Å². The van der Waals surface area contributed by atoms with Gasteiger partial charge in [0.15, 0.2) is 5.71 Å². The molecule has 2 aromatic rings. The fourth-order valence-corrected chi connectivity index (χ4v) is 5.64. The number of halogens is 6. The van der Waals surface area contributed by atoms with Crippen LogP contribution in [-0.4, -0.2) is 35.0 Å². The van der Waals surface area contributed by atoms with E-state index in [1.807, 2.05) is 0 Å². The van der Waals surface area contributed by atoms with Crippen LogP contribution in [0.25, 0.3) is 0 Å². The van der Waals surface area contributed by atoms with Crippen molar-refractivity contribution in [3.63, 3.8) is 0 Å². The SMILES string of the molecule is C[N+]1=C(C=CC=C2N(CCCCCC(=O)O)c3ccccc3C2(C)C)C(C)(C)c2ccccc21.F[P-](F)(F)(F)(F)F. The van der Waals surface area contributed by atoms with Gasteiger partial charge in [0.25, 0.3) is 0 Å². The Morgan fingerprint density at radius 1 is 0.878 bits per heavy atom. The Bertz CT molecular complexity index is 1400. The molecule has 2 aliphatic rings. The first-order valence-electron chi connectivity index (χ1n) is 13.4. The zero-order chi connectivity index (χ0) is 30.9. The summed E-state index contributed by atoms with van der Waals surface area (Å²) >= 11 is 0. The normalized spacial score (nSPS) is 19.9. The number of hydrogen-bond donors (Lipinski definition) is 1. The molecule has 2 aromatic carbocycles. The van der Waals surface area contributed by atoms with Crippen LogP contribution in [0.2, 0.25) is 0 Å². The molecular weight excluding hydrogens is 565 g/mol. The van der Waals surface area contributed by atoms with Crippen LogP contribution in [0.15, 0.2) is 72.5 Å². The number of carboxylic acids is 1. The predicted octanol–water partition coefficient (Wildman–Crippen LogP) is 9.96. The zero-order valence-electron chi connectivity index (χ0n) is 23.9. The number of carboxylic acid groups (broad SMARTS) is 1. The first kappa shape index (κ1) is 32.4.